The van der Waals surface area contributed by atoms with Gasteiger partial charge in [-0.05, 0) is 31.2 Å². The SMILES string of the molecule is CC(=O)N[C@@H]1[C@H](Oc2ccc(C(C)=O)cc2)O[C@H](CO)[C@@H](O)[C@H]1O. The van der Waals surface area contributed by atoms with Gasteiger partial charge in [-0.25, -0.2) is 0 Å². The summed E-state index contributed by atoms with van der Waals surface area (Å²) in [5.74, 6) is -0.177. The molecule has 1 heterocycles. The molecule has 1 aromatic rings. The standard InChI is InChI=1S/C16H21NO7/c1-8(19)10-3-5-11(6-4-10)23-16-13(17-9(2)20)15(22)14(21)12(7-18)24-16/h3-6,12-16,18,21-22H,7H2,1-2H3,(H,17,20)/t12-,13+,14-,15+,16-/m1/s1. The molecule has 0 aliphatic carbocycles. The first-order valence-corrected chi connectivity index (χ1v) is 7.50. The lowest BCUT2D eigenvalue weighted by atomic mass is 9.97. The van der Waals surface area contributed by atoms with Gasteiger partial charge in [0.05, 0.1) is 6.61 Å². The van der Waals surface area contributed by atoms with Crippen LogP contribution < -0.4 is 10.1 Å². The number of hydrogen-bond donors (Lipinski definition) is 4. The van der Waals surface area contributed by atoms with Crippen molar-refractivity contribution in [1.29, 1.82) is 0 Å². The number of aliphatic hydroxyl groups is 3. The first kappa shape index (κ1) is 18.3. The molecule has 1 saturated heterocycles. The van der Waals surface area contributed by atoms with Crippen LogP contribution in [0.5, 0.6) is 5.75 Å². The van der Waals surface area contributed by atoms with E-state index in [0.29, 0.717) is 11.3 Å². The molecule has 8 heteroatoms. The lowest BCUT2D eigenvalue weighted by molar-refractivity contribution is -0.244. The largest absolute Gasteiger partial charge is 0.463 e. The summed E-state index contributed by atoms with van der Waals surface area (Å²) in [5, 5.41) is 31.8. The van der Waals surface area contributed by atoms with Crippen LogP contribution in [0.4, 0.5) is 0 Å². The third-order valence-electron chi connectivity index (χ3n) is 3.76. The summed E-state index contributed by atoms with van der Waals surface area (Å²) in [6, 6.07) is 5.23. The second-order valence-electron chi connectivity index (χ2n) is 5.63. The van der Waals surface area contributed by atoms with E-state index in [-0.39, 0.29) is 5.78 Å². The summed E-state index contributed by atoms with van der Waals surface area (Å²) in [4.78, 5) is 22.6. The fraction of sp³-hybridized carbons (Fsp3) is 0.500. The fourth-order valence-electron chi connectivity index (χ4n) is 2.47. The van der Waals surface area contributed by atoms with Crippen molar-refractivity contribution in [1.82, 2.24) is 5.32 Å². The van der Waals surface area contributed by atoms with E-state index in [1.807, 2.05) is 0 Å². The molecule has 1 aliphatic rings. The Labute approximate surface area is 139 Å². The quantitative estimate of drug-likeness (QED) is 0.518. The number of carbonyl (C=O) groups is 2. The van der Waals surface area contributed by atoms with Crippen molar-refractivity contribution in [2.24, 2.45) is 0 Å². The zero-order valence-electron chi connectivity index (χ0n) is 13.4. The topological polar surface area (TPSA) is 125 Å². The van der Waals surface area contributed by atoms with Crippen LogP contribution >= 0.6 is 0 Å². The lowest BCUT2D eigenvalue weighted by Gasteiger charge is -2.42. The number of rotatable bonds is 5. The molecule has 4 N–H and O–H groups in total. The van der Waals surface area contributed by atoms with Crippen LogP contribution in [0.2, 0.25) is 0 Å². The van der Waals surface area contributed by atoms with Crippen LogP contribution in [0.25, 0.3) is 0 Å². The number of amides is 1. The van der Waals surface area contributed by atoms with Crippen molar-refractivity contribution in [3.63, 3.8) is 0 Å². The first-order chi connectivity index (χ1) is 11.3. The average molecular weight is 339 g/mol. The molecule has 1 aromatic carbocycles. The molecular formula is C16H21NO7. The van der Waals surface area contributed by atoms with E-state index in [1.165, 1.54) is 13.8 Å². The van der Waals surface area contributed by atoms with Gasteiger partial charge in [-0.3, -0.25) is 9.59 Å². The molecule has 1 amide bonds. The van der Waals surface area contributed by atoms with Gasteiger partial charge < -0.3 is 30.1 Å². The van der Waals surface area contributed by atoms with Crippen molar-refractivity contribution in [2.45, 2.75) is 44.5 Å². The van der Waals surface area contributed by atoms with Gasteiger partial charge >= 0.3 is 0 Å². The molecule has 0 radical (unpaired) electrons. The Morgan fingerprint density at radius 2 is 1.79 bits per heavy atom. The summed E-state index contributed by atoms with van der Waals surface area (Å²) in [5.41, 5.74) is 0.508. The summed E-state index contributed by atoms with van der Waals surface area (Å²) < 4.78 is 11.1. The normalized spacial score (nSPS) is 29.8. The van der Waals surface area contributed by atoms with Gasteiger partial charge in [0.1, 0.15) is 30.1 Å². The lowest BCUT2D eigenvalue weighted by Crippen LogP contribution is -2.65. The Morgan fingerprint density at radius 3 is 2.29 bits per heavy atom. The molecule has 132 valence electrons. The highest BCUT2D eigenvalue weighted by molar-refractivity contribution is 5.94. The highest BCUT2D eigenvalue weighted by Gasteiger charge is 2.46. The van der Waals surface area contributed by atoms with Gasteiger partial charge in [-0.2, -0.15) is 0 Å². The van der Waals surface area contributed by atoms with E-state index in [2.05, 4.69) is 5.32 Å². The zero-order valence-corrected chi connectivity index (χ0v) is 13.4. The molecule has 2 rings (SSSR count). The predicted octanol–water partition coefficient (Wildman–Crippen LogP) is -0.788. The van der Waals surface area contributed by atoms with E-state index >= 15 is 0 Å². The number of Topliss-reactive ketones (excluding diaryl/α,β-unsaturated/α-hetero) is 1. The van der Waals surface area contributed by atoms with Crippen molar-refractivity contribution in [3.8, 4) is 5.75 Å². The number of hydrogen-bond acceptors (Lipinski definition) is 7. The van der Waals surface area contributed by atoms with Crippen molar-refractivity contribution in [3.05, 3.63) is 29.8 Å². The van der Waals surface area contributed by atoms with Crippen molar-refractivity contribution in [2.75, 3.05) is 6.61 Å². The summed E-state index contributed by atoms with van der Waals surface area (Å²) in [7, 11) is 0. The van der Waals surface area contributed by atoms with Crippen LogP contribution in [0.15, 0.2) is 24.3 Å². The maximum atomic E-state index is 11.3. The second-order valence-corrected chi connectivity index (χ2v) is 5.63. The van der Waals surface area contributed by atoms with Gasteiger partial charge in [0.2, 0.25) is 12.2 Å². The zero-order chi connectivity index (χ0) is 17.9. The predicted molar refractivity (Wildman–Crippen MR) is 82.4 cm³/mol. The maximum Gasteiger partial charge on any atom is 0.223 e. The van der Waals surface area contributed by atoms with E-state index in [0.717, 1.165) is 0 Å². The highest BCUT2D eigenvalue weighted by atomic mass is 16.7. The first-order valence-electron chi connectivity index (χ1n) is 7.50. The molecule has 0 aromatic heterocycles. The van der Waals surface area contributed by atoms with Crippen LogP contribution in [-0.2, 0) is 9.53 Å². The van der Waals surface area contributed by atoms with Crippen LogP contribution in [0.1, 0.15) is 24.2 Å². The minimum Gasteiger partial charge on any atom is -0.463 e. The maximum absolute atomic E-state index is 11.3. The highest BCUT2D eigenvalue weighted by Crippen LogP contribution is 2.24. The number of benzene rings is 1. The van der Waals surface area contributed by atoms with E-state index in [4.69, 9.17) is 9.47 Å². The van der Waals surface area contributed by atoms with Gasteiger partial charge in [0, 0.05) is 12.5 Å². The average Bonchev–Trinajstić information content (AvgIpc) is 2.54. The van der Waals surface area contributed by atoms with Crippen LogP contribution in [0, 0.1) is 0 Å². The molecular weight excluding hydrogens is 318 g/mol. The van der Waals surface area contributed by atoms with Gasteiger partial charge in [0.15, 0.2) is 5.78 Å². The van der Waals surface area contributed by atoms with Crippen molar-refractivity contribution < 1.29 is 34.4 Å². The molecule has 0 saturated carbocycles. The number of carbonyl (C=O) groups excluding carboxylic acids is 2. The van der Waals surface area contributed by atoms with Gasteiger partial charge in [-0.15, -0.1) is 0 Å². The summed E-state index contributed by atoms with van der Waals surface area (Å²) in [6.07, 6.45) is -4.91. The molecule has 0 bridgehead atoms. The van der Waals surface area contributed by atoms with E-state index in [9.17, 15) is 24.9 Å². The Kier molecular flexibility index (Phi) is 5.89. The van der Waals surface area contributed by atoms with Crippen LogP contribution in [-0.4, -0.2) is 64.3 Å². The molecule has 8 nitrogen and oxygen atoms in total. The van der Waals surface area contributed by atoms with Gasteiger partial charge in [-0.1, -0.05) is 0 Å². The molecule has 0 spiro atoms. The van der Waals surface area contributed by atoms with Crippen molar-refractivity contribution >= 4 is 11.7 Å². The van der Waals surface area contributed by atoms with Crippen LogP contribution in [0.3, 0.4) is 0 Å². The smallest absolute Gasteiger partial charge is 0.223 e. The van der Waals surface area contributed by atoms with Gasteiger partial charge in [0.25, 0.3) is 0 Å². The van der Waals surface area contributed by atoms with E-state index < -0.39 is 43.2 Å². The third-order valence-corrected chi connectivity index (χ3v) is 3.76. The molecule has 24 heavy (non-hydrogen) atoms. The number of nitrogens with one attached hydrogen (secondary N) is 1. The monoisotopic (exact) mass is 339 g/mol. The molecule has 0 unspecified atom stereocenters. The Balaban J connectivity index is 2.19. The molecule has 1 aliphatic heterocycles. The summed E-state index contributed by atoms with van der Waals surface area (Å²) >= 11 is 0. The molecule has 5 atom stereocenters. The number of aliphatic hydroxyl groups excluding tert-OH is 3. The Bertz CT molecular complexity index is 589. The van der Waals surface area contributed by atoms with E-state index in [1.54, 1.807) is 24.3 Å². The minimum absolute atomic E-state index is 0.0921. The summed E-state index contributed by atoms with van der Waals surface area (Å²) in [6.45, 7) is 2.18. The number of ether oxygens (including phenoxy) is 2. The Morgan fingerprint density at radius 1 is 1.17 bits per heavy atom. The third kappa shape index (κ3) is 4.09. The second kappa shape index (κ2) is 7.71. The Hall–Kier alpha value is -2.00. The fourth-order valence-corrected chi connectivity index (χ4v) is 2.47. The molecule has 1 fully saturated rings. The minimum atomic E-state index is -1.37. The number of ketones is 1.